The lowest BCUT2D eigenvalue weighted by Crippen LogP contribution is -2.51. The van der Waals surface area contributed by atoms with Gasteiger partial charge in [0.1, 0.15) is 6.10 Å². The van der Waals surface area contributed by atoms with Crippen LogP contribution in [0.5, 0.6) is 5.75 Å². The van der Waals surface area contributed by atoms with E-state index >= 15 is 0 Å². The molecule has 4 rings (SSSR count). The summed E-state index contributed by atoms with van der Waals surface area (Å²) in [7, 11) is 1.89. The maximum Gasteiger partial charge on any atom is 0.157 e. The fourth-order valence-electron chi connectivity index (χ4n) is 3.49. The van der Waals surface area contributed by atoms with Crippen LogP contribution in [0.3, 0.4) is 0 Å². The molecule has 2 aromatic rings. The van der Waals surface area contributed by atoms with Gasteiger partial charge in [-0.2, -0.15) is 5.10 Å². The third kappa shape index (κ3) is 3.26. The molecule has 5 nitrogen and oxygen atoms in total. The number of nitrogens with one attached hydrogen (secondary N) is 1. The second kappa shape index (κ2) is 6.34. The molecule has 2 aliphatic rings. The van der Waals surface area contributed by atoms with E-state index in [1.807, 2.05) is 13.2 Å². The number of benzene rings is 1. The second-order valence-corrected chi connectivity index (χ2v) is 6.59. The van der Waals surface area contributed by atoms with Gasteiger partial charge < -0.3 is 14.8 Å². The lowest BCUT2D eigenvalue weighted by atomic mass is 9.75. The van der Waals surface area contributed by atoms with Crippen molar-refractivity contribution in [1.29, 1.82) is 0 Å². The van der Waals surface area contributed by atoms with Gasteiger partial charge >= 0.3 is 0 Å². The summed E-state index contributed by atoms with van der Waals surface area (Å²) in [6.45, 7) is 1.36. The monoisotopic (exact) mass is 313 g/mol. The van der Waals surface area contributed by atoms with Gasteiger partial charge in [-0.15, -0.1) is 0 Å². The quantitative estimate of drug-likeness (QED) is 0.918. The van der Waals surface area contributed by atoms with E-state index in [0.29, 0.717) is 18.6 Å². The Morgan fingerprint density at radius 3 is 2.78 bits per heavy atom. The molecule has 0 bridgehead atoms. The maximum atomic E-state index is 6.02. The molecule has 1 saturated heterocycles. The molecule has 122 valence electrons. The van der Waals surface area contributed by atoms with Gasteiger partial charge in [0, 0.05) is 13.1 Å². The summed E-state index contributed by atoms with van der Waals surface area (Å²) in [5, 5.41) is 7.86. The van der Waals surface area contributed by atoms with Gasteiger partial charge in [0.15, 0.2) is 5.75 Å². The SMILES string of the molecule is Cn1cc(O[C@@H]2COC[C@@H]2NC2CC(c3ccccc3)C2)cn1. The average molecular weight is 313 g/mol. The molecule has 1 aliphatic carbocycles. The van der Waals surface area contributed by atoms with Gasteiger partial charge in [0.2, 0.25) is 0 Å². The number of aryl methyl sites for hydroxylation is 1. The van der Waals surface area contributed by atoms with E-state index in [9.17, 15) is 0 Å². The fourth-order valence-corrected chi connectivity index (χ4v) is 3.49. The van der Waals surface area contributed by atoms with E-state index in [2.05, 4.69) is 40.7 Å². The van der Waals surface area contributed by atoms with Crippen molar-refractivity contribution in [3.63, 3.8) is 0 Å². The van der Waals surface area contributed by atoms with Gasteiger partial charge in [-0.25, -0.2) is 0 Å². The highest BCUT2D eigenvalue weighted by Gasteiger charge is 2.37. The van der Waals surface area contributed by atoms with Gasteiger partial charge in [0.05, 0.1) is 31.6 Å². The van der Waals surface area contributed by atoms with Crippen LogP contribution in [0.15, 0.2) is 42.7 Å². The molecule has 0 unspecified atom stereocenters. The lowest BCUT2D eigenvalue weighted by molar-refractivity contribution is 0.136. The minimum atomic E-state index is 0.0648. The number of aromatic nitrogens is 2. The summed E-state index contributed by atoms with van der Waals surface area (Å²) in [4.78, 5) is 0. The highest BCUT2D eigenvalue weighted by Crippen LogP contribution is 2.37. The summed E-state index contributed by atoms with van der Waals surface area (Å²) in [5.74, 6) is 1.50. The highest BCUT2D eigenvalue weighted by atomic mass is 16.5. The Hall–Kier alpha value is -1.85. The van der Waals surface area contributed by atoms with Crippen molar-refractivity contribution in [2.24, 2.45) is 7.05 Å². The Morgan fingerprint density at radius 1 is 1.22 bits per heavy atom. The van der Waals surface area contributed by atoms with Crippen molar-refractivity contribution in [2.75, 3.05) is 13.2 Å². The molecule has 0 radical (unpaired) electrons. The Balaban J connectivity index is 1.29. The molecule has 1 aromatic heterocycles. The van der Waals surface area contributed by atoms with Gasteiger partial charge in [0.25, 0.3) is 0 Å². The van der Waals surface area contributed by atoms with Crippen molar-refractivity contribution < 1.29 is 9.47 Å². The number of nitrogens with zero attached hydrogens (tertiary/aromatic N) is 2. The summed E-state index contributed by atoms with van der Waals surface area (Å²) < 4.78 is 13.4. The van der Waals surface area contributed by atoms with E-state index in [-0.39, 0.29) is 12.1 Å². The standard InChI is InChI=1S/C18H23N3O2/c1-21-10-16(9-19-21)23-18-12-22-11-17(18)20-15-7-14(8-15)13-5-3-2-4-6-13/h2-6,9-10,14-15,17-18,20H,7-8,11-12H2,1H3/t14?,15?,17-,18+/m0/s1. The molecule has 1 saturated carbocycles. The molecule has 0 amide bonds. The van der Waals surface area contributed by atoms with Crippen LogP contribution in [0.1, 0.15) is 24.3 Å². The lowest BCUT2D eigenvalue weighted by Gasteiger charge is -2.38. The van der Waals surface area contributed by atoms with Crippen LogP contribution in [0.2, 0.25) is 0 Å². The van der Waals surface area contributed by atoms with Crippen LogP contribution >= 0.6 is 0 Å². The number of ether oxygens (including phenoxy) is 2. The van der Waals surface area contributed by atoms with Crippen LogP contribution in [0.25, 0.3) is 0 Å². The zero-order valence-corrected chi connectivity index (χ0v) is 13.4. The minimum absolute atomic E-state index is 0.0648. The molecule has 0 spiro atoms. The summed E-state index contributed by atoms with van der Waals surface area (Å²) in [6, 6.07) is 11.6. The van der Waals surface area contributed by atoms with Gasteiger partial charge in [-0.3, -0.25) is 4.68 Å². The summed E-state index contributed by atoms with van der Waals surface area (Å²) >= 11 is 0. The first-order chi connectivity index (χ1) is 11.3. The molecule has 2 atom stereocenters. The Morgan fingerprint density at radius 2 is 2.04 bits per heavy atom. The number of hydrogen-bond donors (Lipinski definition) is 1. The molecule has 2 heterocycles. The topological polar surface area (TPSA) is 48.3 Å². The zero-order chi connectivity index (χ0) is 15.6. The molecule has 23 heavy (non-hydrogen) atoms. The molecule has 1 aliphatic heterocycles. The van der Waals surface area contributed by atoms with E-state index in [0.717, 1.165) is 12.4 Å². The Kier molecular flexibility index (Phi) is 4.06. The third-order valence-corrected chi connectivity index (χ3v) is 4.86. The van der Waals surface area contributed by atoms with Crippen molar-refractivity contribution >= 4 is 0 Å². The van der Waals surface area contributed by atoms with Crippen molar-refractivity contribution in [2.45, 2.75) is 36.9 Å². The molecule has 1 N–H and O–H groups in total. The Labute approximate surface area is 136 Å². The minimum Gasteiger partial charge on any atom is -0.483 e. The van der Waals surface area contributed by atoms with E-state index in [1.165, 1.54) is 18.4 Å². The van der Waals surface area contributed by atoms with Crippen molar-refractivity contribution in [3.05, 3.63) is 48.3 Å². The highest BCUT2D eigenvalue weighted by molar-refractivity contribution is 5.23. The van der Waals surface area contributed by atoms with Crippen LogP contribution in [-0.4, -0.2) is 41.2 Å². The molecular formula is C18H23N3O2. The van der Waals surface area contributed by atoms with Gasteiger partial charge in [-0.1, -0.05) is 30.3 Å². The average Bonchev–Trinajstić information content (AvgIpc) is 3.13. The molecule has 1 aromatic carbocycles. The van der Waals surface area contributed by atoms with E-state index in [4.69, 9.17) is 9.47 Å². The third-order valence-electron chi connectivity index (χ3n) is 4.86. The summed E-state index contributed by atoms with van der Waals surface area (Å²) in [6.07, 6.45) is 6.10. The van der Waals surface area contributed by atoms with Gasteiger partial charge in [-0.05, 0) is 24.3 Å². The smallest absolute Gasteiger partial charge is 0.157 e. The first-order valence-electron chi connectivity index (χ1n) is 8.32. The van der Waals surface area contributed by atoms with E-state index < -0.39 is 0 Å². The normalized spacial score (nSPS) is 30.1. The largest absolute Gasteiger partial charge is 0.483 e. The van der Waals surface area contributed by atoms with Crippen molar-refractivity contribution in [3.8, 4) is 5.75 Å². The second-order valence-electron chi connectivity index (χ2n) is 6.59. The zero-order valence-electron chi connectivity index (χ0n) is 13.4. The predicted molar refractivity (Wildman–Crippen MR) is 87.6 cm³/mol. The van der Waals surface area contributed by atoms with Crippen LogP contribution in [0.4, 0.5) is 0 Å². The number of rotatable bonds is 5. The first-order valence-corrected chi connectivity index (χ1v) is 8.32. The molecular weight excluding hydrogens is 290 g/mol. The fraction of sp³-hybridized carbons (Fsp3) is 0.500. The van der Waals surface area contributed by atoms with Crippen LogP contribution in [0, 0.1) is 0 Å². The van der Waals surface area contributed by atoms with E-state index in [1.54, 1.807) is 10.9 Å². The predicted octanol–water partition coefficient (Wildman–Crippen LogP) is 2.10. The molecule has 5 heteroatoms. The maximum absolute atomic E-state index is 6.02. The first kappa shape index (κ1) is 14.7. The molecule has 2 fully saturated rings. The summed E-state index contributed by atoms with van der Waals surface area (Å²) in [5.41, 5.74) is 1.45. The van der Waals surface area contributed by atoms with Crippen LogP contribution < -0.4 is 10.1 Å². The van der Waals surface area contributed by atoms with Crippen molar-refractivity contribution in [1.82, 2.24) is 15.1 Å². The number of hydrogen-bond acceptors (Lipinski definition) is 4. The Bertz CT molecular complexity index is 637. The van der Waals surface area contributed by atoms with Crippen LogP contribution in [-0.2, 0) is 11.8 Å².